The summed E-state index contributed by atoms with van der Waals surface area (Å²) < 4.78 is 0. The second-order valence-corrected chi connectivity index (χ2v) is 4.27. The number of thioether (sulfide) groups is 1. The Hall–Kier alpha value is -0.750. The zero-order chi connectivity index (χ0) is 11.8. The van der Waals surface area contributed by atoms with E-state index in [4.69, 9.17) is 5.11 Å². The number of nitrogens with one attached hydrogen (secondary N) is 1. The molecule has 15 heavy (non-hydrogen) atoms. The summed E-state index contributed by atoms with van der Waals surface area (Å²) in [6, 6.07) is -0.878. The van der Waals surface area contributed by atoms with E-state index in [1.165, 1.54) is 18.7 Å². The van der Waals surface area contributed by atoms with Crippen molar-refractivity contribution < 1.29 is 19.8 Å². The molecule has 0 radical (unpaired) electrons. The first-order valence-corrected chi connectivity index (χ1v) is 5.88. The lowest BCUT2D eigenvalue weighted by Crippen LogP contribution is -2.41. The lowest BCUT2D eigenvalue weighted by atomic mass is 10.3. The van der Waals surface area contributed by atoms with Crippen LogP contribution in [0.5, 0.6) is 0 Å². The van der Waals surface area contributed by atoms with E-state index in [2.05, 4.69) is 5.32 Å². The van der Waals surface area contributed by atoms with Gasteiger partial charge in [-0.05, 0) is 6.42 Å². The molecule has 0 spiro atoms. The molecule has 0 aliphatic rings. The fourth-order valence-electron chi connectivity index (χ4n) is 0.860. The summed E-state index contributed by atoms with van der Waals surface area (Å²) in [4.78, 5) is 21.4. The van der Waals surface area contributed by atoms with Gasteiger partial charge in [-0.2, -0.15) is 11.8 Å². The van der Waals surface area contributed by atoms with E-state index in [1.807, 2.05) is 6.92 Å². The number of aliphatic hydroxyl groups is 1. The Morgan fingerprint density at radius 2 is 2.00 bits per heavy atom. The maximum atomic E-state index is 10.7. The highest BCUT2D eigenvalue weighted by Crippen LogP contribution is 2.07. The van der Waals surface area contributed by atoms with Gasteiger partial charge in [0.25, 0.3) is 0 Å². The van der Waals surface area contributed by atoms with Crippen LogP contribution in [0.1, 0.15) is 20.3 Å². The minimum atomic E-state index is -1.05. The van der Waals surface area contributed by atoms with Crippen molar-refractivity contribution in [3.8, 4) is 0 Å². The highest BCUT2D eigenvalue weighted by molar-refractivity contribution is 7.99. The maximum Gasteiger partial charge on any atom is 0.327 e. The van der Waals surface area contributed by atoms with Crippen molar-refractivity contribution in [2.45, 2.75) is 32.4 Å². The standard InChI is InChI=1S/C9H17NO4S/c1-3-7(12)4-15-5-8(9(13)14)10-6(2)11/h7-8,12H,3-5H2,1-2H3,(H,10,11)(H,13,14)/t7?,8-/m0/s1. The molecule has 0 heterocycles. The molecule has 0 saturated carbocycles. The average Bonchev–Trinajstić information content (AvgIpc) is 2.15. The van der Waals surface area contributed by atoms with E-state index < -0.39 is 18.1 Å². The van der Waals surface area contributed by atoms with Gasteiger partial charge in [-0.25, -0.2) is 4.79 Å². The number of aliphatic hydroxyl groups excluding tert-OH is 1. The van der Waals surface area contributed by atoms with Gasteiger partial charge in [0.2, 0.25) is 5.91 Å². The predicted molar refractivity (Wildman–Crippen MR) is 58.9 cm³/mol. The number of carbonyl (C=O) groups is 2. The molecular formula is C9H17NO4S. The molecule has 2 atom stereocenters. The van der Waals surface area contributed by atoms with E-state index >= 15 is 0 Å². The molecule has 1 amide bonds. The number of amides is 1. The van der Waals surface area contributed by atoms with Crippen molar-refractivity contribution in [1.29, 1.82) is 0 Å². The smallest absolute Gasteiger partial charge is 0.327 e. The third-order valence-corrected chi connectivity index (χ3v) is 2.93. The highest BCUT2D eigenvalue weighted by Gasteiger charge is 2.18. The summed E-state index contributed by atoms with van der Waals surface area (Å²) >= 11 is 1.32. The molecule has 5 nitrogen and oxygen atoms in total. The summed E-state index contributed by atoms with van der Waals surface area (Å²) in [5.74, 6) is -0.658. The number of hydrogen-bond acceptors (Lipinski definition) is 4. The summed E-state index contributed by atoms with van der Waals surface area (Å²) in [6.07, 6.45) is 0.229. The van der Waals surface area contributed by atoms with Crippen molar-refractivity contribution in [3.05, 3.63) is 0 Å². The topological polar surface area (TPSA) is 86.6 Å². The van der Waals surface area contributed by atoms with Gasteiger partial charge < -0.3 is 15.5 Å². The van der Waals surface area contributed by atoms with Crippen molar-refractivity contribution in [3.63, 3.8) is 0 Å². The normalized spacial score (nSPS) is 14.3. The lowest BCUT2D eigenvalue weighted by molar-refractivity contribution is -0.140. The van der Waals surface area contributed by atoms with Crippen LogP contribution in [0.3, 0.4) is 0 Å². The van der Waals surface area contributed by atoms with Crippen molar-refractivity contribution in [2.24, 2.45) is 0 Å². The van der Waals surface area contributed by atoms with Gasteiger partial charge in [0, 0.05) is 18.4 Å². The Labute approximate surface area is 93.2 Å². The van der Waals surface area contributed by atoms with Gasteiger partial charge in [-0.3, -0.25) is 4.79 Å². The van der Waals surface area contributed by atoms with Crippen LogP contribution in [0.4, 0.5) is 0 Å². The molecule has 0 aromatic carbocycles. The summed E-state index contributed by atoms with van der Waals surface area (Å²) in [7, 11) is 0. The summed E-state index contributed by atoms with van der Waals surface area (Å²) in [5, 5.41) is 20.3. The van der Waals surface area contributed by atoms with Crippen molar-refractivity contribution >= 4 is 23.6 Å². The zero-order valence-corrected chi connectivity index (χ0v) is 9.71. The third kappa shape index (κ3) is 7.21. The van der Waals surface area contributed by atoms with E-state index in [1.54, 1.807) is 0 Å². The van der Waals surface area contributed by atoms with Crippen molar-refractivity contribution in [2.75, 3.05) is 11.5 Å². The maximum absolute atomic E-state index is 10.7. The monoisotopic (exact) mass is 235 g/mol. The largest absolute Gasteiger partial charge is 0.480 e. The van der Waals surface area contributed by atoms with Gasteiger partial charge in [0.1, 0.15) is 6.04 Å². The second-order valence-electron chi connectivity index (χ2n) is 3.19. The summed E-state index contributed by atoms with van der Waals surface area (Å²) in [6.45, 7) is 3.13. The van der Waals surface area contributed by atoms with E-state index in [0.717, 1.165) is 0 Å². The molecular weight excluding hydrogens is 218 g/mol. The molecule has 1 unspecified atom stereocenters. The second kappa shape index (κ2) is 7.53. The van der Waals surface area contributed by atoms with Crippen LogP contribution in [0.15, 0.2) is 0 Å². The SMILES string of the molecule is CCC(O)CSC[C@H](NC(C)=O)C(=O)O. The Bertz CT molecular complexity index is 222. The van der Waals surface area contributed by atoms with E-state index in [0.29, 0.717) is 12.2 Å². The van der Waals surface area contributed by atoms with E-state index in [9.17, 15) is 14.7 Å². The van der Waals surface area contributed by atoms with Gasteiger partial charge in [-0.1, -0.05) is 6.92 Å². The van der Waals surface area contributed by atoms with Crippen LogP contribution in [0, 0.1) is 0 Å². The van der Waals surface area contributed by atoms with E-state index in [-0.39, 0.29) is 11.7 Å². The average molecular weight is 235 g/mol. The quantitative estimate of drug-likeness (QED) is 0.582. The number of carboxylic acid groups (broad SMARTS) is 1. The molecule has 0 aromatic heterocycles. The lowest BCUT2D eigenvalue weighted by Gasteiger charge is -2.13. The zero-order valence-electron chi connectivity index (χ0n) is 8.90. The van der Waals surface area contributed by atoms with Crippen LogP contribution in [-0.4, -0.2) is 45.7 Å². The Morgan fingerprint density at radius 3 is 2.40 bits per heavy atom. The van der Waals surface area contributed by atoms with Crippen LogP contribution < -0.4 is 5.32 Å². The van der Waals surface area contributed by atoms with Crippen LogP contribution >= 0.6 is 11.8 Å². The Morgan fingerprint density at radius 1 is 1.40 bits per heavy atom. The van der Waals surface area contributed by atoms with Gasteiger partial charge in [0.05, 0.1) is 6.10 Å². The highest BCUT2D eigenvalue weighted by atomic mass is 32.2. The first-order chi connectivity index (χ1) is 6.97. The van der Waals surface area contributed by atoms with Crippen LogP contribution in [0.25, 0.3) is 0 Å². The molecule has 0 rings (SSSR count). The number of carboxylic acids is 1. The molecule has 0 saturated heterocycles. The van der Waals surface area contributed by atoms with Crippen LogP contribution in [0.2, 0.25) is 0 Å². The molecule has 88 valence electrons. The Balaban J connectivity index is 3.86. The number of hydrogen-bond donors (Lipinski definition) is 3. The molecule has 6 heteroatoms. The molecule has 0 aliphatic heterocycles. The fourth-order valence-corrected chi connectivity index (χ4v) is 1.97. The molecule has 3 N–H and O–H groups in total. The number of rotatable bonds is 7. The Kier molecular flexibility index (Phi) is 7.15. The number of aliphatic carboxylic acids is 1. The van der Waals surface area contributed by atoms with Gasteiger partial charge >= 0.3 is 5.97 Å². The van der Waals surface area contributed by atoms with Crippen molar-refractivity contribution in [1.82, 2.24) is 5.32 Å². The molecule has 0 bridgehead atoms. The minimum Gasteiger partial charge on any atom is -0.480 e. The summed E-state index contributed by atoms with van der Waals surface area (Å²) in [5.41, 5.74) is 0. The predicted octanol–water partition coefficient (Wildman–Crippen LogP) is 0.0798. The first kappa shape index (κ1) is 14.2. The van der Waals surface area contributed by atoms with Gasteiger partial charge in [0.15, 0.2) is 0 Å². The third-order valence-electron chi connectivity index (χ3n) is 1.74. The number of carbonyl (C=O) groups excluding carboxylic acids is 1. The molecule has 0 fully saturated rings. The van der Waals surface area contributed by atoms with Crippen LogP contribution in [-0.2, 0) is 9.59 Å². The molecule has 0 aromatic rings. The fraction of sp³-hybridized carbons (Fsp3) is 0.778. The minimum absolute atomic E-state index is 0.270. The van der Waals surface area contributed by atoms with Gasteiger partial charge in [-0.15, -0.1) is 0 Å². The first-order valence-electron chi connectivity index (χ1n) is 4.73. The molecule has 0 aliphatic carbocycles.